The fourth-order valence-corrected chi connectivity index (χ4v) is 2.42. The van der Waals surface area contributed by atoms with Crippen molar-refractivity contribution in [1.29, 1.82) is 0 Å². The van der Waals surface area contributed by atoms with Crippen molar-refractivity contribution in [3.8, 4) is 0 Å². The van der Waals surface area contributed by atoms with E-state index in [1.54, 1.807) is 0 Å². The summed E-state index contributed by atoms with van der Waals surface area (Å²) in [5, 5.41) is 12.1. The van der Waals surface area contributed by atoms with E-state index in [0.29, 0.717) is 13.0 Å². The van der Waals surface area contributed by atoms with E-state index in [1.165, 1.54) is 0 Å². The third kappa shape index (κ3) is 2.17. The largest absolute Gasteiger partial charge is 0.394 e. The van der Waals surface area contributed by atoms with E-state index in [4.69, 9.17) is 5.11 Å². The highest BCUT2D eigenvalue weighted by Crippen LogP contribution is 2.33. The smallest absolute Gasteiger partial charge is 0.267 e. The average molecular weight is 234 g/mol. The molecule has 2 rings (SSSR count). The lowest BCUT2D eigenvalue weighted by atomic mass is 10.1. The van der Waals surface area contributed by atoms with Crippen molar-refractivity contribution < 1.29 is 18.7 Å². The molecule has 0 spiro atoms. The number of carbonyl (C=O) groups is 1. The van der Waals surface area contributed by atoms with Crippen LogP contribution in [0, 0.1) is 5.92 Å². The van der Waals surface area contributed by atoms with Crippen molar-refractivity contribution in [2.24, 2.45) is 5.92 Å². The highest BCUT2D eigenvalue weighted by Gasteiger charge is 2.47. The number of aliphatic hydroxyl groups is 1. The minimum absolute atomic E-state index is 0.206. The predicted octanol–water partition coefficient (Wildman–Crippen LogP) is -0.176. The summed E-state index contributed by atoms with van der Waals surface area (Å²) in [6.45, 7) is 0.374. The molecule has 0 radical (unpaired) electrons. The van der Waals surface area contributed by atoms with E-state index in [-0.39, 0.29) is 18.4 Å². The maximum Gasteiger partial charge on any atom is 0.267 e. The average Bonchev–Trinajstić information content (AvgIpc) is 2.83. The maximum absolute atomic E-state index is 13.2. The lowest BCUT2D eigenvalue weighted by molar-refractivity contribution is -0.137. The van der Waals surface area contributed by atoms with Gasteiger partial charge in [0.25, 0.3) is 5.92 Å². The van der Waals surface area contributed by atoms with Crippen LogP contribution in [0.3, 0.4) is 0 Å². The minimum Gasteiger partial charge on any atom is -0.394 e. The van der Waals surface area contributed by atoms with E-state index in [1.807, 2.05) is 0 Å². The third-order valence-electron chi connectivity index (χ3n) is 3.28. The van der Waals surface area contributed by atoms with Gasteiger partial charge in [-0.15, -0.1) is 0 Å². The summed E-state index contributed by atoms with van der Waals surface area (Å²) in [5.74, 6) is -3.31. The summed E-state index contributed by atoms with van der Waals surface area (Å²) < 4.78 is 26.3. The number of alkyl halides is 2. The van der Waals surface area contributed by atoms with Crippen molar-refractivity contribution in [2.45, 2.75) is 24.8 Å². The molecule has 2 N–H and O–H groups in total. The van der Waals surface area contributed by atoms with Gasteiger partial charge >= 0.3 is 0 Å². The van der Waals surface area contributed by atoms with Crippen LogP contribution in [-0.4, -0.2) is 54.1 Å². The molecule has 2 unspecified atom stereocenters. The zero-order chi connectivity index (χ0) is 11.8. The zero-order valence-corrected chi connectivity index (χ0v) is 8.96. The predicted molar refractivity (Wildman–Crippen MR) is 53.1 cm³/mol. The van der Waals surface area contributed by atoms with E-state index in [9.17, 15) is 13.6 Å². The highest BCUT2D eigenvalue weighted by molar-refractivity contribution is 5.80. The van der Waals surface area contributed by atoms with Crippen LogP contribution in [0.15, 0.2) is 0 Å². The molecule has 16 heavy (non-hydrogen) atoms. The molecule has 2 saturated heterocycles. The number of rotatable bonds is 2. The molecule has 0 aromatic rings. The van der Waals surface area contributed by atoms with Crippen molar-refractivity contribution in [2.75, 3.05) is 26.2 Å². The molecule has 6 heteroatoms. The molecule has 2 aliphatic rings. The van der Waals surface area contributed by atoms with E-state index in [0.717, 1.165) is 11.4 Å². The quantitative estimate of drug-likeness (QED) is 0.697. The third-order valence-corrected chi connectivity index (χ3v) is 3.28. The molecule has 0 aromatic heterocycles. The first-order valence-corrected chi connectivity index (χ1v) is 5.53. The number of likely N-dealkylation sites (tertiary alicyclic amines) is 1. The Labute approximate surface area is 92.6 Å². The molecule has 92 valence electrons. The van der Waals surface area contributed by atoms with Crippen LogP contribution < -0.4 is 5.32 Å². The van der Waals surface area contributed by atoms with Gasteiger partial charge in [0.2, 0.25) is 5.91 Å². The molecule has 2 heterocycles. The molecule has 4 nitrogen and oxygen atoms in total. The number of amides is 1. The summed E-state index contributed by atoms with van der Waals surface area (Å²) in [7, 11) is 0. The lowest BCUT2D eigenvalue weighted by Crippen LogP contribution is -2.42. The molecule has 1 amide bonds. The van der Waals surface area contributed by atoms with Crippen LogP contribution in [0.25, 0.3) is 0 Å². The normalized spacial score (nSPS) is 33.3. The van der Waals surface area contributed by atoms with E-state index >= 15 is 0 Å². The maximum atomic E-state index is 13.2. The number of hydrogen-bond acceptors (Lipinski definition) is 3. The van der Waals surface area contributed by atoms with Crippen molar-refractivity contribution in [1.82, 2.24) is 10.2 Å². The molecule has 0 saturated carbocycles. The second-order valence-electron chi connectivity index (χ2n) is 4.55. The Morgan fingerprint density at radius 2 is 2.31 bits per heavy atom. The first kappa shape index (κ1) is 11.7. The van der Waals surface area contributed by atoms with Crippen LogP contribution in [0.5, 0.6) is 0 Å². The molecule has 0 bridgehead atoms. The van der Waals surface area contributed by atoms with Crippen molar-refractivity contribution in [3.63, 3.8) is 0 Å². The van der Waals surface area contributed by atoms with Gasteiger partial charge in [-0.3, -0.25) is 4.79 Å². The molecule has 2 aliphatic heterocycles. The van der Waals surface area contributed by atoms with Crippen LogP contribution in [0.4, 0.5) is 8.78 Å². The van der Waals surface area contributed by atoms with Gasteiger partial charge in [0.15, 0.2) is 0 Å². The van der Waals surface area contributed by atoms with Gasteiger partial charge in [-0.25, -0.2) is 8.78 Å². The summed E-state index contributed by atoms with van der Waals surface area (Å²) in [6.07, 6.45) is 0.272. The topological polar surface area (TPSA) is 52.6 Å². The number of nitrogens with zero attached hydrogens (tertiary/aromatic N) is 1. The number of hydrogen-bond donors (Lipinski definition) is 2. The SMILES string of the molecule is O=C(C1CCNC1)N1CC(F)(F)CC1CO. The monoisotopic (exact) mass is 234 g/mol. The summed E-state index contributed by atoms with van der Waals surface area (Å²) in [6, 6.07) is -0.719. The van der Waals surface area contributed by atoms with Gasteiger partial charge in [-0.05, 0) is 13.0 Å². The van der Waals surface area contributed by atoms with Gasteiger partial charge in [0, 0.05) is 13.0 Å². The molecule has 2 fully saturated rings. The van der Waals surface area contributed by atoms with Crippen molar-refractivity contribution >= 4 is 5.91 Å². The minimum atomic E-state index is -2.85. The molecular formula is C10H16F2N2O2. The molecular weight excluding hydrogens is 218 g/mol. The fraction of sp³-hybridized carbons (Fsp3) is 0.900. The van der Waals surface area contributed by atoms with Gasteiger partial charge in [-0.2, -0.15) is 0 Å². The number of aliphatic hydroxyl groups excluding tert-OH is 1. The van der Waals surface area contributed by atoms with Crippen molar-refractivity contribution in [3.05, 3.63) is 0 Å². The van der Waals surface area contributed by atoms with Crippen LogP contribution in [0.2, 0.25) is 0 Å². The summed E-state index contributed by atoms with van der Waals surface area (Å²) in [5.41, 5.74) is 0. The fourth-order valence-electron chi connectivity index (χ4n) is 2.42. The van der Waals surface area contributed by atoms with Crippen LogP contribution in [0.1, 0.15) is 12.8 Å². The second-order valence-corrected chi connectivity index (χ2v) is 4.55. The van der Waals surface area contributed by atoms with E-state index in [2.05, 4.69) is 5.32 Å². The Morgan fingerprint density at radius 3 is 2.88 bits per heavy atom. The second kappa shape index (κ2) is 4.25. The first-order chi connectivity index (χ1) is 7.53. The Bertz CT molecular complexity index is 280. The van der Waals surface area contributed by atoms with Gasteiger partial charge in [-0.1, -0.05) is 0 Å². The van der Waals surface area contributed by atoms with Gasteiger partial charge < -0.3 is 15.3 Å². The van der Waals surface area contributed by atoms with Gasteiger partial charge in [0.05, 0.1) is 25.1 Å². The Kier molecular flexibility index (Phi) is 3.12. The number of carbonyl (C=O) groups excluding carboxylic acids is 1. The molecule has 0 aliphatic carbocycles. The van der Waals surface area contributed by atoms with Gasteiger partial charge in [0.1, 0.15) is 0 Å². The summed E-state index contributed by atoms with van der Waals surface area (Å²) >= 11 is 0. The number of halogens is 2. The molecule has 2 atom stereocenters. The van der Waals surface area contributed by atoms with Crippen LogP contribution >= 0.6 is 0 Å². The first-order valence-electron chi connectivity index (χ1n) is 5.53. The Hall–Kier alpha value is -0.750. The molecule has 0 aromatic carbocycles. The Balaban J connectivity index is 2.04. The standard InChI is InChI=1S/C10H16F2N2O2/c11-10(12)3-8(5-15)14(6-10)9(16)7-1-2-13-4-7/h7-8,13,15H,1-6H2. The van der Waals surface area contributed by atoms with E-state index < -0.39 is 24.9 Å². The number of nitrogens with one attached hydrogen (secondary N) is 1. The van der Waals surface area contributed by atoms with Crippen LogP contribution in [-0.2, 0) is 4.79 Å². The zero-order valence-electron chi connectivity index (χ0n) is 8.96. The Morgan fingerprint density at radius 1 is 1.56 bits per heavy atom. The highest BCUT2D eigenvalue weighted by atomic mass is 19.3. The summed E-state index contributed by atoms with van der Waals surface area (Å²) in [4.78, 5) is 13.1. The lowest BCUT2D eigenvalue weighted by Gasteiger charge is -2.25.